The highest BCUT2D eigenvalue weighted by atomic mass is 35.5. The number of aliphatic hydroxyl groups is 1. The molecule has 1 spiro atoms. The van der Waals surface area contributed by atoms with E-state index in [4.69, 9.17) is 21.1 Å². The minimum absolute atomic E-state index is 0.0698. The molecular weight excluding hydrogens is 670 g/mol. The molecule has 0 aromatic heterocycles. The number of carbonyl (C=O) groups is 1. The van der Waals surface area contributed by atoms with Crippen LogP contribution in [-0.2, 0) is 26.3 Å². The van der Waals surface area contributed by atoms with E-state index in [0.717, 1.165) is 55.7 Å². The minimum atomic E-state index is -3.00. The van der Waals surface area contributed by atoms with Gasteiger partial charge in [-0.1, -0.05) is 30.7 Å². The van der Waals surface area contributed by atoms with E-state index >= 15 is 0 Å². The summed E-state index contributed by atoms with van der Waals surface area (Å²) < 4.78 is 28.8. The van der Waals surface area contributed by atoms with Crippen molar-refractivity contribution in [3.05, 3.63) is 70.3 Å². The zero-order valence-electron chi connectivity index (χ0n) is 29.2. The topological polar surface area (TPSA) is 100 Å². The fraction of sp³-hybridized carbons (Fsp3) is 0.550. The Morgan fingerprint density at radius 3 is 2.74 bits per heavy atom. The Morgan fingerprint density at radius 2 is 1.96 bits per heavy atom. The van der Waals surface area contributed by atoms with E-state index in [2.05, 4.69) is 44.9 Å². The number of halogens is 1. The Morgan fingerprint density at radius 1 is 1.14 bits per heavy atom. The van der Waals surface area contributed by atoms with Gasteiger partial charge in [0.25, 0.3) is 5.91 Å². The van der Waals surface area contributed by atoms with Crippen LogP contribution in [0.5, 0.6) is 5.75 Å². The lowest BCUT2D eigenvalue weighted by molar-refractivity contribution is -0.00333. The lowest BCUT2D eigenvalue weighted by Gasteiger charge is -2.47. The molecule has 7 atom stereocenters. The average molecular weight is 720 g/mol. The van der Waals surface area contributed by atoms with Crippen LogP contribution < -0.4 is 19.7 Å². The number of hydrogen-bond acceptors (Lipinski definition) is 7. The van der Waals surface area contributed by atoms with Crippen LogP contribution in [0.4, 0.5) is 5.69 Å². The van der Waals surface area contributed by atoms with Crippen LogP contribution in [0.1, 0.15) is 80.3 Å². The van der Waals surface area contributed by atoms with E-state index < -0.39 is 26.5 Å². The van der Waals surface area contributed by atoms with Crippen LogP contribution in [-0.4, -0.2) is 70.9 Å². The van der Waals surface area contributed by atoms with Crippen LogP contribution in [0.3, 0.4) is 0 Å². The molecule has 3 N–H and O–H groups in total. The van der Waals surface area contributed by atoms with Gasteiger partial charge < -0.3 is 24.8 Å². The molecule has 8 nitrogen and oxygen atoms in total. The summed E-state index contributed by atoms with van der Waals surface area (Å²) in [5.41, 5.74) is 2.14. The normalized spacial score (nSPS) is 35.1. The average Bonchev–Trinajstić information content (AvgIpc) is 3.22. The summed E-state index contributed by atoms with van der Waals surface area (Å²) in [4.78, 5) is 16.1. The number of aryl methyl sites for hydroxylation is 1. The Balaban J connectivity index is 1.29. The van der Waals surface area contributed by atoms with Crippen LogP contribution >= 0.6 is 11.6 Å². The molecule has 7 rings (SSSR count). The van der Waals surface area contributed by atoms with Gasteiger partial charge in [-0.2, -0.15) is 0 Å². The van der Waals surface area contributed by atoms with E-state index in [1.165, 1.54) is 11.1 Å². The molecule has 2 aromatic rings. The van der Waals surface area contributed by atoms with Gasteiger partial charge in [-0.3, -0.25) is 9.52 Å². The zero-order valence-corrected chi connectivity index (χ0v) is 30.8. The maximum atomic E-state index is 13.9. The van der Waals surface area contributed by atoms with Gasteiger partial charge in [0.1, 0.15) is 11.4 Å². The first-order valence-corrected chi connectivity index (χ1v) is 20.4. The first-order chi connectivity index (χ1) is 24.0. The predicted molar refractivity (Wildman–Crippen MR) is 201 cm³/mol. The molecule has 0 radical (unpaired) electrons. The summed E-state index contributed by atoms with van der Waals surface area (Å²) in [6.07, 6.45) is 10.9. The Bertz CT molecular complexity index is 1810. The molecule has 5 aliphatic rings. The molecule has 2 aliphatic carbocycles. The van der Waals surface area contributed by atoms with Crippen LogP contribution in [0.25, 0.3) is 0 Å². The number of hydrogen-bond donors (Lipinski definition) is 3. The van der Waals surface area contributed by atoms with Crippen LogP contribution in [0.2, 0.25) is 5.02 Å². The fourth-order valence-electron chi connectivity index (χ4n) is 8.58. The van der Waals surface area contributed by atoms with Gasteiger partial charge in [0, 0.05) is 65.6 Å². The molecule has 2 fully saturated rings. The number of amides is 1. The Labute approximate surface area is 302 Å². The molecular formula is C40H50ClN3O5S. The van der Waals surface area contributed by atoms with Crippen molar-refractivity contribution in [3.63, 3.8) is 0 Å². The monoisotopic (exact) mass is 719 g/mol. The second-order valence-electron chi connectivity index (χ2n) is 15.3. The van der Waals surface area contributed by atoms with Crippen molar-refractivity contribution in [1.82, 2.24) is 10.0 Å². The zero-order chi connectivity index (χ0) is 35.1. The molecule has 1 saturated carbocycles. The van der Waals surface area contributed by atoms with E-state index in [0.29, 0.717) is 50.6 Å². The second kappa shape index (κ2) is 14.1. The third kappa shape index (κ3) is 7.01. The van der Waals surface area contributed by atoms with Gasteiger partial charge in [-0.05, 0) is 129 Å². The molecule has 50 heavy (non-hydrogen) atoms. The van der Waals surface area contributed by atoms with Gasteiger partial charge in [0.15, 0.2) is 0 Å². The molecule has 1 unspecified atom stereocenters. The summed E-state index contributed by atoms with van der Waals surface area (Å²) in [6, 6.07) is 15.1. The van der Waals surface area contributed by atoms with Crippen molar-refractivity contribution in [2.24, 2.45) is 17.8 Å². The first kappa shape index (κ1) is 35.3. The summed E-state index contributed by atoms with van der Waals surface area (Å²) in [5.74, 6) is 7.56. The van der Waals surface area contributed by atoms with E-state index in [1.54, 1.807) is 6.07 Å². The summed E-state index contributed by atoms with van der Waals surface area (Å²) >= 11 is 6.47. The van der Waals surface area contributed by atoms with E-state index in [9.17, 15) is 14.1 Å². The van der Waals surface area contributed by atoms with Crippen molar-refractivity contribution in [3.8, 4) is 17.7 Å². The fourth-order valence-corrected chi connectivity index (χ4v) is 10.3. The summed E-state index contributed by atoms with van der Waals surface area (Å²) in [7, 11) is -3.00. The number of nitrogens with one attached hydrogen (secondary N) is 2. The smallest absolute Gasteiger partial charge is 0.262 e. The maximum Gasteiger partial charge on any atom is 0.262 e. The Kier molecular flexibility index (Phi) is 9.94. The minimum Gasteiger partial charge on any atom is -0.490 e. The van der Waals surface area contributed by atoms with Crippen LogP contribution in [0, 0.1) is 29.7 Å². The number of fused-ring (bicyclic) bond motifs is 4. The van der Waals surface area contributed by atoms with Crippen molar-refractivity contribution >= 4 is 38.8 Å². The highest BCUT2D eigenvalue weighted by Gasteiger charge is 2.48. The molecule has 1 amide bonds. The second-order valence-corrected chi connectivity index (χ2v) is 18.2. The number of allylic oxidation sites excluding steroid dienone is 1. The molecule has 268 valence electrons. The quantitative estimate of drug-likeness (QED) is 0.152. The third-order valence-electron chi connectivity index (χ3n) is 12.0. The Hall–Kier alpha value is -3.16. The number of ether oxygens (including phenoxy) is 2. The van der Waals surface area contributed by atoms with Gasteiger partial charge in [0.2, 0.25) is 0 Å². The lowest BCUT2D eigenvalue weighted by Crippen LogP contribution is -2.52. The van der Waals surface area contributed by atoms with Crippen molar-refractivity contribution in [1.29, 1.82) is 0 Å². The van der Waals surface area contributed by atoms with Crippen molar-refractivity contribution in [2.45, 2.75) is 87.5 Å². The lowest BCUT2D eigenvalue weighted by atomic mass is 9.64. The number of nitrogens with zero attached hydrogens (tertiary/aromatic N) is 1. The summed E-state index contributed by atoms with van der Waals surface area (Å²) in [5, 5.41) is 16.1. The summed E-state index contributed by atoms with van der Waals surface area (Å²) in [6.45, 7) is 7.15. The number of anilines is 1. The predicted octanol–water partition coefficient (Wildman–Crippen LogP) is 5.65. The molecule has 10 heteroatoms. The van der Waals surface area contributed by atoms with E-state index in [1.807, 2.05) is 44.2 Å². The van der Waals surface area contributed by atoms with Gasteiger partial charge in [0.05, 0.1) is 22.0 Å². The largest absolute Gasteiger partial charge is 0.490 e. The van der Waals surface area contributed by atoms with Crippen molar-refractivity contribution < 1.29 is 23.6 Å². The molecule has 2 aromatic carbocycles. The molecule has 3 aliphatic heterocycles. The highest BCUT2D eigenvalue weighted by Crippen LogP contribution is 2.48. The van der Waals surface area contributed by atoms with Crippen molar-refractivity contribution in [2.75, 3.05) is 37.8 Å². The molecule has 2 bridgehead atoms. The van der Waals surface area contributed by atoms with Crippen LogP contribution in [0.15, 0.2) is 48.6 Å². The first-order valence-electron chi connectivity index (χ1n) is 18.2. The number of benzene rings is 2. The number of carbonyl (C=O) groups excluding carboxylic acids is 1. The SMILES string of the molecule is C=S1(=O)NC(=O)c2ccc3c(c2)N(C[C@@H]2CC[C@H]2[C@@](O)(C#CNC2CCOCC2)/C=C/C[C@H](C)[C@H]1C)C[C@@]1(CCCc2cc(Cl)ccc21)CO3. The highest BCUT2D eigenvalue weighted by molar-refractivity contribution is 7.99. The van der Waals surface area contributed by atoms with Gasteiger partial charge in [-0.25, -0.2) is 4.21 Å². The third-order valence-corrected chi connectivity index (χ3v) is 14.5. The maximum absolute atomic E-state index is 13.9. The molecule has 1 saturated heterocycles. The molecule has 3 heterocycles. The van der Waals surface area contributed by atoms with Gasteiger partial charge >= 0.3 is 0 Å². The van der Waals surface area contributed by atoms with E-state index in [-0.39, 0.29) is 29.2 Å². The standard InChI is InChI=1S/C40H50ClN3O5S/c1-27-6-4-17-40(46,18-19-42-33-14-20-48-21-15-33)35-11-8-31(35)24-44-25-39(16-5-7-29-22-32(41)10-12-34(29)39)26-49-37-13-9-30(23-36(37)44)38(45)43-50(3,47)28(27)2/h4,9-10,12-13,17,22-23,27-28,31,33,35,42,46H,3,5-8,11,14-16,20-21,24-26H2,1-2H3,(H,43,45,47)/b17-4+/t27-,28+,31-,35+,39-,40-,50?/m0/s1. The number of rotatable bonds is 1. The van der Waals surface area contributed by atoms with Gasteiger partial charge in [-0.15, -0.1) is 0 Å².